The normalized spacial score (nSPS) is 12.7. The van der Waals surface area contributed by atoms with Crippen molar-refractivity contribution in [1.29, 1.82) is 0 Å². The molecule has 1 nitrogen and oxygen atoms in total. The minimum atomic E-state index is 0.189. The molecule has 0 amide bonds. The van der Waals surface area contributed by atoms with Gasteiger partial charge >= 0.3 is 0 Å². The highest BCUT2D eigenvalue weighted by Gasteiger charge is 2.12. The summed E-state index contributed by atoms with van der Waals surface area (Å²) in [6.07, 6.45) is 3.01. The van der Waals surface area contributed by atoms with Gasteiger partial charge in [-0.2, -0.15) is 0 Å². The largest absolute Gasteiger partial charge is 0.392 e. The van der Waals surface area contributed by atoms with Crippen LogP contribution in [0.1, 0.15) is 30.5 Å². The Kier molecular flexibility index (Phi) is 3.90. The maximum atomic E-state index is 8.96. The van der Waals surface area contributed by atoms with E-state index in [4.69, 9.17) is 5.11 Å². The maximum absolute atomic E-state index is 8.96. The molecule has 76 valence electrons. The summed E-state index contributed by atoms with van der Waals surface area (Å²) in [4.78, 5) is 0. The van der Waals surface area contributed by atoms with Crippen molar-refractivity contribution in [3.63, 3.8) is 0 Å². The molecule has 1 heteroatoms. The molecule has 1 aromatic carbocycles. The fourth-order valence-electron chi connectivity index (χ4n) is 1.70. The standard InChI is InChI=1S/C11H12O.C2H6/c1-8-3-2-4-10-5-9(7-12)6-11(8)10;1-2/h2-5,12H,6-7H2,1H3;1-2H3. The van der Waals surface area contributed by atoms with Crippen molar-refractivity contribution < 1.29 is 5.11 Å². The Hall–Kier alpha value is -1.08. The number of fused-ring (bicyclic) bond motifs is 1. The first-order valence-electron chi connectivity index (χ1n) is 5.20. The van der Waals surface area contributed by atoms with Gasteiger partial charge in [-0.15, -0.1) is 0 Å². The topological polar surface area (TPSA) is 20.2 Å². The Balaban J connectivity index is 0.000000461. The van der Waals surface area contributed by atoms with Gasteiger partial charge in [0.15, 0.2) is 0 Å². The van der Waals surface area contributed by atoms with Crippen molar-refractivity contribution in [2.45, 2.75) is 27.2 Å². The van der Waals surface area contributed by atoms with Gasteiger partial charge in [-0.05, 0) is 35.6 Å². The van der Waals surface area contributed by atoms with Crippen molar-refractivity contribution in [1.82, 2.24) is 0 Å². The van der Waals surface area contributed by atoms with Gasteiger partial charge in [0.1, 0.15) is 0 Å². The van der Waals surface area contributed by atoms with E-state index < -0.39 is 0 Å². The summed E-state index contributed by atoms with van der Waals surface area (Å²) in [5, 5.41) is 8.96. The van der Waals surface area contributed by atoms with E-state index in [1.54, 1.807) is 0 Å². The number of rotatable bonds is 1. The average molecular weight is 190 g/mol. The van der Waals surface area contributed by atoms with Crippen LogP contribution in [0.2, 0.25) is 0 Å². The zero-order valence-electron chi connectivity index (χ0n) is 9.17. The van der Waals surface area contributed by atoms with Crippen LogP contribution in [-0.4, -0.2) is 11.7 Å². The van der Waals surface area contributed by atoms with Gasteiger partial charge in [0.2, 0.25) is 0 Å². The number of aliphatic hydroxyl groups excluding tert-OH is 1. The first kappa shape index (κ1) is 11.0. The van der Waals surface area contributed by atoms with Crippen LogP contribution in [0.5, 0.6) is 0 Å². The molecule has 0 saturated carbocycles. The molecular formula is C13H18O. The molecule has 0 spiro atoms. The predicted octanol–water partition coefficient (Wildman–Crippen LogP) is 2.95. The van der Waals surface area contributed by atoms with Crippen molar-refractivity contribution in [2.24, 2.45) is 0 Å². The van der Waals surface area contributed by atoms with E-state index in [1.807, 2.05) is 13.8 Å². The lowest BCUT2D eigenvalue weighted by Gasteiger charge is -2.02. The van der Waals surface area contributed by atoms with Crippen molar-refractivity contribution >= 4 is 6.08 Å². The molecule has 0 radical (unpaired) electrons. The van der Waals surface area contributed by atoms with E-state index in [0.29, 0.717) is 0 Å². The Morgan fingerprint density at radius 2 is 2.00 bits per heavy atom. The van der Waals surface area contributed by atoms with Gasteiger partial charge in [0, 0.05) is 0 Å². The highest BCUT2D eigenvalue weighted by molar-refractivity contribution is 5.65. The Morgan fingerprint density at radius 3 is 2.57 bits per heavy atom. The zero-order chi connectivity index (χ0) is 10.6. The monoisotopic (exact) mass is 190 g/mol. The zero-order valence-corrected chi connectivity index (χ0v) is 9.17. The summed E-state index contributed by atoms with van der Waals surface area (Å²) in [7, 11) is 0. The summed E-state index contributed by atoms with van der Waals surface area (Å²) in [5.74, 6) is 0. The molecular weight excluding hydrogens is 172 g/mol. The second-order valence-electron chi connectivity index (χ2n) is 3.28. The second kappa shape index (κ2) is 4.97. The lowest BCUT2D eigenvalue weighted by molar-refractivity contribution is 0.330. The first-order chi connectivity index (χ1) is 6.81. The van der Waals surface area contributed by atoms with Crippen LogP contribution in [0.15, 0.2) is 23.8 Å². The van der Waals surface area contributed by atoms with Gasteiger partial charge in [0.25, 0.3) is 0 Å². The molecule has 2 rings (SSSR count). The summed E-state index contributed by atoms with van der Waals surface area (Å²) < 4.78 is 0. The Labute approximate surface area is 86.1 Å². The van der Waals surface area contributed by atoms with Crippen LogP contribution in [0, 0.1) is 6.92 Å². The third-order valence-electron chi connectivity index (χ3n) is 2.41. The molecule has 0 saturated heterocycles. The van der Waals surface area contributed by atoms with Crippen LogP contribution in [0.25, 0.3) is 6.08 Å². The molecule has 0 fully saturated rings. The quantitative estimate of drug-likeness (QED) is 0.722. The lowest BCUT2D eigenvalue weighted by atomic mass is 10.0. The van der Waals surface area contributed by atoms with Crippen LogP contribution in [0.4, 0.5) is 0 Å². The van der Waals surface area contributed by atoms with E-state index in [-0.39, 0.29) is 6.61 Å². The van der Waals surface area contributed by atoms with E-state index in [9.17, 15) is 0 Å². The van der Waals surface area contributed by atoms with E-state index in [0.717, 1.165) is 12.0 Å². The highest BCUT2D eigenvalue weighted by atomic mass is 16.3. The second-order valence-corrected chi connectivity index (χ2v) is 3.28. The van der Waals surface area contributed by atoms with Gasteiger partial charge in [-0.3, -0.25) is 0 Å². The van der Waals surface area contributed by atoms with Gasteiger partial charge in [-0.1, -0.05) is 38.1 Å². The SMILES string of the molecule is CC.Cc1cccc2c1CC(CO)=C2. The third-order valence-corrected chi connectivity index (χ3v) is 2.41. The van der Waals surface area contributed by atoms with E-state index >= 15 is 0 Å². The molecule has 0 aromatic heterocycles. The van der Waals surface area contributed by atoms with Crippen molar-refractivity contribution in [3.05, 3.63) is 40.5 Å². The van der Waals surface area contributed by atoms with Crippen LogP contribution in [0.3, 0.4) is 0 Å². The van der Waals surface area contributed by atoms with Crippen LogP contribution in [-0.2, 0) is 6.42 Å². The summed E-state index contributed by atoms with van der Waals surface area (Å²) in [6, 6.07) is 6.28. The minimum Gasteiger partial charge on any atom is -0.392 e. The smallest absolute Gasteiger partial charge is 0.0648 e. The highest BCUT2D eigenvalue weighted by Crippen LogP contribution is 2.26. The maximum Gasteiger partial charge on any atom is 0.0648 e. The molecule has 14 heavy (non-hydrogen) atoms. The fraction of sp³-hybridized carbons (Fsp3) is 0.385. The summed E-state index contributed by atoms with van der Waals surface area (Å²) in [5.41, 5.74) is 5.10. The van der Waals surface area contributed by atoms with Crippen molar-refractivity contribution in [2.75, 3.05) is 6.61 Å². The third kappa shape index (κ3) is 2.05. The molecule has 1 N–H and O–H groups in total. The molecule has 0 bridgehead atoms. The number of hydrogen-bond donors (Lipinski definition) is 1. The molecule has 0 heterocycles. The molecule has 0 atom stereocenters. The van der Waals surface area contributed by atoms with Crippen LogP contribution >= 0.6 is 0 Å². The summed E-state index contributed by atoms with van der Waals surface area (Å²) in [6.45, 7) is 6.31. The van der Waals surface area contributed by atoms with Gasteiger partial charge in [0.05, 0.1) is 6.61 Å². The number of aliphatic hydroxyl groups is 1. The predicted molar refractivity (Wildman–Crippen MR) is 61.3 cm³/mol. The first-order valence-corrected chi connectivity index (χ1v) is 5.20. The minimum absolute atomic E-state index is 0.189. The average Bonchev–Trinajstić information content (AvgIpc) is 2.65. The molecule has 0 aliphatic heterocycles. The van der Waals surface area contributed by atoms with Gasteiger partial charge < -0.3 is 5.11 Å². The number of aryl methyl sites for hydroxylation is 1. The van der Waals surface area contributed by atoms with Crippen molar-refractivity contribution in [3.8, 4) is 0 Å². The Bertz CT molecular complexity index is 337. The van der Waals surface area contributed by atoms with Gasteiger partial charge in [-0.25, -0.2) is 0 Å². The Morgan fingerprint density at radius 1 is 1.29 bits per heavy atom. The number of benzene rings is 1. The molecule has 1 aliphatic carbocycles. The summed E-state index contributed by atoms with van der Waals surface area (Å²) >= 11 is 0. The molecule has 1 aromatic rings. The molecule has 1 aliphatic rings. The molecule has 0 unspecified atom stereocenters. The lowest BCUT2D eigenvalue weighted by Crippen LogP contribution is -1.91. The van der Waals surface area contributed by atoms with E-state index in [1.165, 1.54) is 16.7 Å². The van der Waals surface area contributed by atoms with Crippen LogP contribution < -0.4 is 0 Å². The number of hydrogen-bond acceptors (Lipinski definition) is 1. The fourth-order valence-corrected chi connectivity index (χ4v) is 1.70. The van der Waals surface area contributed by atoms with E-state index in [2.05, 4.69) is 31.2 Å².